The molecular weight excluding hydrogens is 430 g/mol. The molecule has 2 saturated heterocycles. The van der Waals surface area contributed by atoms with Gasteiger partial charge < -0.3 is 19.3 Å². The van der Waals surface area contributed by atoms with Gasteiger partial charge in [0.05, 0.1) is 19.8 Å². The van der Waals surface area contributed by atoms with Crippen molar-refractivity contribution in [2.24, 2.45) is 5.41 Å². The lowest BCUT2D eigenvalue weighted by Gasteiger charge is -2.43. The van der Waals surface area contributed by atoms with Crippen LogP contribution >= 0.6 is 0 Å². The van der Waals surface area contributed by atoms with Gasteiger partial charge in [-0.25, -0.2) is 8.78 Å². The molecule has 2 aromatic carbocycles. The predicted octanol–water partition coefficient (Wildman–Crippen LogP) is 3.52. The first-order chi connectivity index (χ1) is 16.0. The minimum atomic E-state index is -0.888. The second-order valence-electron chi connectivity index (χ2n) is 8.70. The van der Waals surface area contributed by atoms with Gasteiger partial charge in [0.25, 0.3) is 5.91 Å². The molecule has 0 aliphatic carbocycles. The zero-order valence-corrected chi connectivity index (χ0v) is 18.5. The van der Waals surface area contributed by atoms with Crippen LogP contribution in [0.15, 0.2) is 48.5 Å². The molecule has 0 aromatic heterocycles. The van der Waals surface area contributed by atoms with Crippen LogP contribution in [0, 0.1) is 17.0 Å². The first kappa shape index (κ1) is 23.2. The summed E-state index contributed by atoms with van der Waals surface area (Å²) in [7, 11) is 0. The molecule has 0 radical (unpaired) electrons. The lowest BCUT2D eigenvalue weighted by molar-refractivity contribution is -0.139. The van der Waals surface area contributed by atoms with Gasteiger partial charge in [-0.05, 0) is 37.1 Å². The Bertz CT molecular complexity index is 961. The summed E-state index contributed by atoms with van der Waals surface area (Å²) < 4.78 is 40.0. The van der Waals surface area contributed by atoms with Crippen molar-refractivity contribution >= 4 is 11.8 Å². The second kappa shape index (κ2) is 10.3. The third kappa shape index (κ3) is 5.50. The summed E-state index contributed by atoms with van der Waals surface area (Å²) >= 11 is 0. The molecule has 0 spiro atoms. The Labute approximate surface area is 192 Å². The van der Waals surface area contributed by atoms with E-state index in [1.165, 1.54) is 11.0 Å². The number of carbonyl (C=O) groups excluding carboxylic acids is 2. The first-order valence-corrected chi connectivity index (χ1v) is 11.2. The molecule has 33 heavy (non-hydrogen) atoms. The van der Waals surface area contributed by atoms with E-state index in [1.54, 1.807) is 4.90 Å². The molecule has 0 saturated carbocycles. The van der Waals surface area contributed by atoms with Crippen LogP contribution in [0.3, 0.4) is 0 Å². The second-order valence-corrected chi connectivity index (χ2v) is 8.70. The minimum absolute atomic E-state index is 0.0265. The smallest absolute Gasteiger partial charge is 0.259 e. The van der Waals surface area contributed by atoms with Gasteiger partial charge in [0, 0.05) is 38.0 Å². The molecule has 1 unspecified atom stereocenters. The maximum absolute atomic E-state index is 14.3. The zero-order valence-electron chi connectivity index (χ0n) is 18.5. The van der Waals surface area contributed by atoms with Gasteiger partial charge in [-0.3, -0.25) is 9.59 Å². The van der Waals surface area contributed by atoms with Crippen LogP contribution in [-0.4, -0.2) is 67.6 Å². The van der Waals surface area contributed by atoms with Gasteiger partial charge >= 0.3 is 0 Å². The first-order valence-electron chi connectivity index (χ1n) is 11.2. The molecule has 2 heterocycles. The van der Waals surface area contributed by atoms with Crippen LogP contribution in [0.4, 0.5) is 8.78 Å². The summed E-state index contributed by atoms with van der Waals surface area (Å²) in [4.78, 5) is 29.4. The summed E-state index contributed by atoms with van der Waals surface area (Å²) in [5.74, 6) is -1.84. The Morgan fingerprint density at radius 2 is 1.64 bits per heavy atom. The number of benzene rings is 2. The van der Waals surface area contributed by atoms with Crippen LogP contribution < -0.4 is 4.74 Å². The van der Waals surface area contributed by atoms with Crippen molar-refractivity contribution in [1.82, 2.24) is 9.80 Å². The molecule has 1 atom stereocenters. The number of morpholine rings is 1. The normalized spacial score (nSPS) is 21.0. The third-order valence-corrected chi connectivity index (χ3v) is 6.30. The summed E-state index contributed by atoms with van der Waals surface area (Å²) in [6, 6.07) is 12.7. The average molecular weight is 459 g/mol. The fraction of sp³-hybridized carbons (Fsp3) is 0.440. The lowest BCUT2D eigenvalue weighted by Crippen LogP contribution is -2.52. The topological polar surface area (TPSA) is 59.1 Å². The Kier molecular flexibility index (Phi) is 7.23. The van der Waals surface area contributed by atoms with Crippen molar-refractivity contribution in [3.63, 3.8) is 0 Å². The molecule has 2 amide bonds. The van der Waals surface area contributed by atoms with Gasteiger partial charge in [0.15, 0.2) is 0 Å². The minimum Gasteiger partial charge on any atom is -0.493 e. The largest absolute Gasteiger partial charge is 0.493 e. The predicted molar refractivity (Wildman–Crippen MR) is 118 cm³/mol. The van der Waals surface area contributed by atoms with E-state index in [1.807, 2.05) is 30.3 Å². The number of amides is 2. The van der Waals surface area contributed by atoms with Gasteiger partial charge in [-0.15, -0.1) is 0 Å². The van der Waals surface area contributed by atoms with Crippen molar-refractivity contribution in [3.05, 3.63) is 65.7 Å². The van der Waals surface area contributed by atoms with Crippen LogP contribution in [0.1, 0.15) is 29.6 Å². The van der Waals surface area contributed by atoms with Crippen LogP contribution in [0.5, 0.6) is 5.75 Å². The SMILES string of the molecule is O=C(CC1(COc2ccccc2)CCCN(C(=O)c2c(F)cccc2F)C1)N1CCOCC1. The highest BCUT2D eigenvalue weighted by Crippen LogP contribution is 2.36. The maximum atomic E-state index is 14.3. The van der Waals surface area contributed by atoms with E-state index < -0.39 is 28.5 Å². The van der Waals surface area contributed by atoms with Crippen LogP contribution in [0.2, 0.25) is 0 Å². The average Bonchev–Trinajstić information content (AvgIpc) is 2.84. The Balaban J connectivity index is 1.56. The number of hydrogen-bond acceptors (Lipinski definition) is 4. The van der Waals surface area contributed by atoms with Crippen molar-refractivity contribution in [3.8, 4) is 5.75 Å². The van der Waals surface area contributed by atoms with Crippen LogP contribution in [-0.2, 0) is 9.53 Å². The van der Waals surface area contributed by atoms with Crippen LogP contribution in [0.25, 0.3) is 0 Å². The molecule has 176 valence electrons. The number of para-hydroxylation sites is 1. The molecule has 2 aliphatic rings. The van der Waals surface area contributed by atoms with Crippen molar-refractivity contribution in [2.45, 2.75) is 19.3 Å². The number of likely N-dealkylation sites (tertiary alicyclic amines) is 1. The van der Waals surface area contributed by atoms with E-state index in [2.05, 4.69) is 0 Å². The number of ether oxygens (including phenoxy) is 2. The number of nitrogens with zero attached hydrogens (tertiary/aromatic N) is 2. The molecule has 2 fully saturated rings. The molecular formula is C25H28F2N2O4. The van der Waals surface area contributed by atoms with E-state index in [0.717, 1.165) is 12.1 Å². The third-order valence-electron chi connectivity index (χ3n) is 6.30. The number of hydrogen-bond donors (Lipinski definition) is 0. The number of piperidine rings is 1. The van der Waals surface area contributed by atoms with E-state index in [-0.39, 0.29) is 25.5 Å². The molecule has 2 aromatic rings. The summed E-state index contributed by atoms with van der Waals surface area (Å²) in [6.07, 6.45) is 1.46. The fourth-order valence-corrected chi connectivity index (χ4v) is 4.55. The molecule has 8 heteroatoms. The van der Waals surface area contributed by atoms with E-state index in [4.69, 9.17) is 9.47 Å². The zero-order chi connectivity index (χ0) is 23.3. The lowest BCUT2D eigenvalue weighted by atomic mass is 9.77. The maximum Gasteiger partial charge on any atom is 0.259 e. The molecule has 6 nitrogen and oxygen atoms in total. The van der Waals surface area contributed by atoms with Crippen molar-refractivity contribution in [2.75, 3.05) is 46.0 Å². The molecule has 0 N–H and O–H groups in total. The quantitative estimate of drug-likeness (QED) is 0.665. The summed E-state index contributed by atoms with van der Waals surface area (Å²) in [5, 5.41) is 0. The van der Waals surface area contributed by atoms with Gasteiger partial charge in [0.1, 0.15) is 22.9 Å². The van der Waals surface area contributed by atoms with E-state index in [0.29, 0.717) is 51.4 Å². The van der Waals surface area contributed by atoms with Gasteiger partial charge in [-0.1, -0.05) is 24.3 Å². The van der Waals surface area contributed by atoms with Crippen molar-refractivity contribution < 1.29 is 27.8 Å². The van der Waals surface area contributed by atoms with E-state index >= 15 is 0 Å². The Morgan fingerprint density at radius 3 is 2.33 bits per heavy atom. The highest BCUT2D eigenvalue weighted by atomic mass is 19.1. The number of carbonyl (C=O) groups is 2. The Morgan fingerprint density at radius 1 is 0.939 bits per heavy atom. The van der Waals surface area contributed by atoms with Gasteiger partial charge in [0.2, 0.25) is 5.91 Å². The monoisotopic (exact) mass is 458 g/mol. The molecule has 0 bridgehead atoms. The highest BCUT2D eigenvalue weighted by molar-refractivity contribution is 5.95. The summed E-state index contributed by atoms with van der Waals surface area (Å²) in [6.45, 7) is 2.81. The number of rotatable bonds is 6. The Hall–Kier alpha value is -3.00. The highest BCUT2D eigenvalue weighted by Gasteiger charge is 2.42. The standard InChI is InChI=1S/C25H28F2N2O4/c26-20-8-4-9-21(27)23(20)24(31)29-11-5-10-25(17-29,18-33-19-6-2-1-3-7-19)16-22(30)28-12-14-32-15-13-28/h1-4,6-9H,5,10-18H2. The van der Waals surface area contributed by atoms with Gasteiger partial charge in [-0.2, -0.15) is 0 Å². The fourth-order valence-electron chi connectivity index (χ4n) is 4.55. The molecule has 2 aliphatic heterocycles. The van der Waals surface area contributed by atoms with E-state index in [9.17, 15) is 18.4 Å². The summed E-state index contributed by atoms with van der Waals surface area (Å²) in [5.41, 5.74) is -1.22. The number of halogens is 2. The molecule has 4 rings (SSSR count). The van der Waals surface area contributed by atoms with Crippen molar-refractivity contribution in [1.29, 1.82) is 0 Å².